The zero-order valence-corrected chi connectivity index (χ0v) is 11.5. The van der Waals surface area contributed by atoms with Crippen LogP contribution >= 0.6 is 0 Å². The Morgan fingerprint density at radius 1 is 1.35 bits per heavy atom. The van der Waals surface area contributed by atoms with E-state index >= 15 is 0 Å². The first kappa shape index (κ1) is 14.3. The predicted molar refractivity (Wildman–Crippen MR) is 76.4 cm³/mol. The third-order valence-corrected chi connectivity index (χ3v) is 3.32. The summed E-state index contributed by atoms with van der Waals surface area (Å²) in [5.74, 6) is -1.03. The second-order valence-electron chi connectivity index (χ2n) is 4.52. The Kier molecular flexibility index (Phi) is 4.20. The summed E-state index contributed by atoms with van der Waals surface area (Å²) in [6.45, 7) is 3.24. The van der Waals surface area contributed by atoms with Gasteiger partial charge in [0.05, 0.1) is 17.7 Å². The fourth-order valence-electron chi connectivity index (χ4n) is 2.35. The van der Waals surface area contributed by atoms with Crippen molar-refractivity contribution in [1.29, 1.82) is 0 Å². The highest BCUT2D eigenvalue weighted by atomic mass is 16.5. The molecule has 0 spiro atoms. The van der Waals surface area contributed by atoms with E-state index in [1.54, 1.807) is 19.2 Å². The summed E-state index contributed by atoms with van der Waals surface area (Å²) in [6, 6.07) is 6.22. The number of nitrogens with zero attached hydrogens (tertiary/aromatic N) is 1. The Labute approximate surface area is 116 Å². The summed E-state index contributed by atoms with van der Waals surface area (Å²) >= 11 is 0. The molecular weight excluding hydrogens is 258 g/mol. The minimum atomic E-state index is -1.03. The number of methoxy groups -OCH3 is 1. The minimum Gasteiger partial charge on any atom is -0.478 e. The van der Waals surface area contributed by atoms with Crippen LogP contribution in [0.3, 0.4) is 0 Å². The van der Waals surface area contributed by atoms with Crippen LogP contribution in [0, 0.1) is 0 Å². The molecule has 20 heavy (non-hydrogen) atoms. The van der Waals surface area contributed by atoms with Gasteiger partial charge in [-0.2, -0.15) is 0 Å². The fourth-order valence-corrected chi connectivity index (χ4v) is 2.35. The van der Waals surface area contributed by atoms with Crippen LogP contribution in [0.2, 0.25) is 0 Å². The number of hydrogen-bond acceptors (Lipinski definition) is 3. The number of carboxylic acids is 1. The molecule has 0 aliphatic carbocycles. The first-order valence-corrected chi connectivity index (χ1v) is 6.47. The van der Waals surface area contributed by atoms with E-state index in [0.29, 0.717) is 25.0 Å². The smallest absolute Gasteiger partial charge is 0.335 e. The molecule has 0 aliphatic rings. The first-order valence-electron chi connectivity index (χ1n) is 6.47. The van der Waals surface area contributed by atoms with E-state index in [0.717, 1.165) is 11.2 Å². The van der Waals surface area contributed by atoms with Crippen molar-refractivity contribution in [2.45, 2.75) is 19.9 Å². The average molecular weight is 275 g/mol. The summed E-state index contributed by atoms with van der Waals surface area (Å²) in [4.78, 5) is 23.2. The van der Waals surface area contributed by atoms with Crippen LogP contribution < -0.4 is 5.43 Å². The molecule has 106 valence electrons. The Balaban J connectivity index is 2.68. The molecule has 0 bridgehead atoms. The number of fused-ring (bicyclic) bond motifs is 1. The molecule has 1 aromatic carbocycles. The summed E-state index contributed by atoms with van der Waals surface area (Å²) < 4.78 is 7.07. The van der Waals surface area contributed by atoms with Crippen molar-refractivity contribution < 1.29 is 14.6 Å². The number of pyridine rings is 1. The molecule has 1 aromatic heterocycles. The van der Waals surface area contributed by atoms with Crippen LogP contribution in [0.15, 0.2) is 29.1 Å². The van der Waals surface area contributed by atoms with E-state index in [2.05, 4.69) is 0 Å². The second-order valence-corrected chi connectivity index (χ2v) is 4.52. The summed E-state index contributed by atoms with van der Waals surface area (Å²) in [5, 5.41) is 9.44. The van der Waals surface area contributed by atoms with Crippen molar-refractivity contribution >= 4 is 16.9 Å². The standard InChI is InChI=1S/C15H17NO4/c1-3-16-11(6-7-20-2)9-14(17)12-8-10(15(18)19)4-5-13(12)16/h4-5,8-9H,3,6-7H2,1-2H3,(H,18,19). The molecule has 1 heterocycles. The molecule has 1 N–H and O–H groups in total. The van der Waals surface area contributed by atoms with Crippen molar-refractivity contribution in [2.75, 3.05) is 13.7 Å². The molecular formula is C15H17NO4. The van der Waals surface area contributed by atoms with Gasteiger partial charge in [-0.05, 0) is 25.1 Å². The Morgan fingerprint density at radius 2 is 2.10 bits per heavy atom. The first-order chi connectivity index (χ1) is 9.58. The fraction of sp³-hybridized carbons (Fsp3) is 0.333. The van der Waals surface area contributed by atoms with E-state index in [4.69, 9.17) is 9.84 Å². The zero-order valence-electron chi connectivity index (χ0n) is 11.5. The normalized spacial score (nSPS) is 10.9. The third-order valence-electron chi connectivity index (χ3n) is 3.32. The molecule has 0 saturated heterocycles. The molecule has 0 atom stereocenters. The molecule has 5 heteroatoms. The van der Waals surface area contributed by atoms with Gasteiger partial charge in [-0.3, -0.25) is 4.79 Å². The number of carboxylic acid groups (broad SMARTS) is 1. The van der Waals surface area contributed by atoms with Crippen LogP contribution in [0.4, 0.5) is 0 Å². The molecule has 0 amide bonds. The van der Waals surface area contributed by atoms with Crippen molar-refractivity contribution in [3.05, 3.63) is 45.7 Å². The van der Waals surface area contributed by atoms with Gasteiger partial charge >= 0.3 is 5.97 Å². The number of aryl methyl sites for hydroxylation is 1. The van der Waals surface area contributed by atoms with Crippen molar-refractivity contribution in [3.63, 3.8) is 0 Å². The maximum atomic E-state index is 12.2. The van der Waals surface area contributed by atoms with Gasteiger partial charge in [-0.1, -0.05) is 0 Å². The zero-order chi connectivity index (χ0) is 14.7. The molecule has 0 fully saturated rings. The quantitative estimate of drug-likeness (QED) is 0.905. The number of hydrogen-bond donors (Lipinski definition) is 1. The topological polar surface area (TPSA) is 68.5 Å². The second kappa shape index (κ2) is 5.88. The molecule has 5 nitrogen and oxygen atoms in total. The van der Waals surface area contributed by atoms with E-state index in [9.17, 15) is 9.59 Å². The molecule has 0 radical (unpaired) electrons. The Bertz CT molecular complexity index is 703. The van der Waals surface area contributed by atoms with Gasteiger partial charge in [0, 0.05) is 37.2 Å². The molecule has 2 aromatic rings. The Morgan fingerprint density at radius 3 is 2.70 bits per heavy atom. The SMILES string of the molecule is CCn1c(CCOC)cc(=O)c2cc(C(=O)O)ccc21. The van der Waals surface area contributed by atoms with Gasteiger partial charge in [0.15, 0.2) is 5.43 Å². The number of benzene rings is 1. The molecule has 2 rings (SSSR count). The summed E-state index contributed by atoms with van der Waals surface area (Å²) in [6.07, 6.45) is 0.649. The van der Waals surface area contributed by atoms with Crippen LogP contribution in [0.25, 0.3) is 10.9 Å². The summed E-state index contributed by atoms with van der Waals surface area (Å²) in [5.41, 5.74) is 1.63. The van der Waals surface area contributed by atoms with Gasteiger partial charge in [-0.25, -0.2) is 4.79 Å². The van der Waals surface area contributed by atoms with Crippen LogP contribution in [-0.2, 0) is 17.7 Å². The lowest BCUT2D eigenvalue weighted by Crippen LogP contribution is -2.15. The Hall–Kier alpha value is -2.14. The maximum Gasteiger partial charge on any atom is 0.335 e. The lowest BCUT2D eigenvalue weighted by Gasteiger charge is -2.15. The largest absolute Gasteiger partial charge is 0.478 e. The summed E-state index contributed by atoms with van der Waals surface area (Å²) in [7, 11) is 1.62. The highest BCUT2D eigenvalue weighted by Crippen LogP contribution is 2.16. The maximum absolute atomic E-state index is 12.2. The van der Waals surface area contributed by atoms with Crippen molar-refractivity contribution in [3.8, 4) is 0 Å². The number of rotatable bonds is 5. The number of carbonyl (C=O) groups is 1. The molecule has 0 aliphatic heterocycles. The lowest BCUT2D eigenvalue weighted by atomic mass is 10.1. The molecule has 0 saturated carbocycles. The van der Waals surface area contributed by atoms with Crippen LogP contribution in [0.5, 0.6) is 0 Å². The third kappa shape index (κ3) is 2.58. The van der Waals surface area contributed by atoms with Crippen LogP contribution in [0.1, 0.15) is 23.0 Å². The van der Waals surface area contributed by atoms with Gasteiger partial charge < -0.3 is 14.4 Å². The van der Waals surface area contributed by atoms with E-state index < -0.39 is 5.97 Å². The van der Waals surface area contributed by atoms with Gasteiger partial charge in [0.2, 0.25) is 0 Å². The highest BCUT2D eigenvalue weighted by Gasteiger charge is 2.11. The molecule has 0 unspecified atom stereocenters. The van der Waals surface area contributed by atoms with Gasteiger partial charge in [-0.15, -0.1) is 0 Å². The average Bonchev–Trinajstić information content (AvgIpc) is 2.44. The minimum absolute atomic E-state index is 0.127. The van der Waals surface area contributed by atoms with Gasteiger partial charge in [0.25, 0.3) is 0 Å². The van der Waals surface area contributed by atoms with E-state index in [1.165, 1.54) is 12.1 Å². The number of ether oxygens (including phenoxy) is 1. The van der Waals surface area contributed by atoms with Crippen molar-refractivity contribution in [2.24, 2.45) is 0 Å². The van der Waals surface area contributed by atoms with Gasteiger partial charge in [0.1, 0.15) is 0 Å². The van der Waals surface area contributed by atoms with Crippen LogP contribution in [-0.4, -0.2) is 29.4 Å². The number of aromatic carboxylic acids is 1. The predicted octanol–water partition coefficient (Wildman–Crippen LogP) is 1.91. The number of aromatic nitrogens is 1. The monoisotopic (exact) mass is 275 g/mol. The van der Waals surface area contributed by atoms with E-state index in [-0.39, 0.29) is 11.0 Å². The lowest BCUT2D eigenvalue weighted by molar-refractivity contribution is 0.0697. The van der Waals surface area contributed by atoms with E-state index in [1.807, 2.05) is 11.5 Å². The highest BCUT2D eigenvalue weighted by molar-refractivity contribution is 5.93. The van der Waals surface area contributed by atoms with Crippen molar-refractivity contribution in [1.82, 2.24) is 4.57 Å².